The summed E-state index contributed by atoms with van der Waals surface area (Å²) < 4.78 is 5.91. The first kappa shape index (κ1) is 20.0. The molecule has 5 heteroatoms. The van der Waals surface area contributed by atoms with E-state index in [2.05, 4.69) is 60.5 Å². The van der Waals surface area contributed by atoms with E-state index in [1.165, 1.54) is 16.3 Å². The molecule has 1 aliphatic heterocycles. The van der Waals surface area contributed by atoms with Crippen molar-refractivity contribution < 1.29 is 4.74 Å². The van der Waals surface area contributed by atoms with E-state index < -0.39 is 0 Å². The van der Waals surface area contributed by atoms with Gasteiger partial charge in [0, 0.05) is 37.8 Å². The summed E-state index contributed by atoms with van der Waals surface area (Å²) in [6.07, 6.45) is 0. The van der Waals surface area contributed by atoms with E-state index in [1.807, 2.05) is 0 Å². The fraction of sp³-hybridized carbons (Fsp3) is 0.444. The van der Waals surface area contributed by atoms with Crippen LogP contribution in [0.15, 0.2) is 36.4 Å². The minimum atomic E-state index is 0. The van der Waals surface area contributed by atoms with Gasteiger partial charge in [0.15, 0.2) is 0 Å². The number of halogens is 2. The molecule has 1 saturated heterocycles. The largest absolute Gasteiger partial charge is 0.494 e. The molecule has 0 amide bonds. The lowest BCUT2D eigenvalue weighted by molar-refractivity contribution is 0.182. The van der Waals surface area contributed by atoms with Crippen LogP contribution in [0.3, 0.4) is 0 Å². The number of fused-ring (bicyclic) bond motifs is 1. The highest BCUT2D eigenvalue weighted by atomic mass is 35.5. The Morgan fingerprint density at radius 2 is 1.78 bits per heavy atom. The van der Waals surface area contributed by atoms with Crippen molar-refractivity contribution in [2.75, 3.05) is 32.8 Å². The van der Waals surface area contributed by atoms with E-state index in [1.54, 1.807) is 0 Å². The molecule has 2 aromatic carbocycles. The summed E-state index contributed by atoms with van der Waals surface area (Å²) >= 11 is 0. The zero-order valence-corrected chi connectivity index (χ0v) is 15.4. The average Bonchev–Trinajstić information content (AvgIpc) is 2.55. The van der Waals surface area contributed by atoms with Crippen LogP contribution in [0.4, 0.5) is 0 Å². The van der Waals surface area contributed by atoms with Gasteiger partial charge in [-0.2, -0.15) is 0 Å². The van der Waals surface area contributed by atoms with Gasteiger partial charge < -0.3 is 10.1 Å². The highest BCUT2D eigenvalue weighted by molar-refractivity contribution is 5.88. The third-order valence-electron chi connectivity index (χ3n) is 4.35. The molecular weight excluding hydrogens is 331 g/mol. The summed E-state index contributed by atoms with van der Waals surface area (Å²) in [5.74, 6) is 1.03. The number of rotatable bonds is 4. The Bertz CT molecular complexity index is 615. The van der Waals surface area contributed by atoms with Crippen molar-refractivity contribution in [3.8, 4) is 5.75 Å². The van der Waals surface area contributed by atoms with E-state index in [4.69, 9.17) is 4.74 Å². The minimum Gasteiger partial charge on any atom is -0.494 e. The van der Waals surface area contributed by atoms with Crippen molar-refractivity contribution >= 4 is 35.6 Å². The van der Waals surface area contributed by atoms with Gasteiger partial charge in [-0.05, 0) is 30.7 Å². The van der Waals surface area contributed by atoms with Crippen LogP contribution in [0.25, 0.3) is 10.8 Å². The molecule has 0 aliphatic carbocycles. The third kappa shape index (κ3) is 4.30. The fourth-order valence-electron chi connectivity index (χ4n) is 3.24. The fourth-order valence-corrected chi connectivity index (χ4v) is 3.24. The van der Waals surface area contributed by atoms with Gasteiger partial charge in [-0.15, -0.1) is 24.8 Å². The standard InChI is InChI=1S/C18H24N2O.2ClH/c1-3-21-17-9-8-15-6-4-5-7-16(15)18(17)14(2)20-12-10-19-11-13-20;;/h4-9,14,19H,3,10-13H2,1-2H3;2*1H/t14-;;/m1../s1. The molecule has 1 atom stereocenters. The molecule has 1 N–H and O–H groups in total. The lowest BCUT2D eigenvalue weighted by Gasteiger charge is -2.34. The zero-order chi connectivity index (χ0) is 14.7. The van der Waals surface area contributed by atoms with Gasteiger partial charge in [-0.1, -0.05) is 30.3 Å². The number of nitrogens with zero attached hydrogens (tertiary/aromatic N) is 1. The van der Waals surface area contributed by atoms with Crippen molar-refractivity contribution in [3.63, 3.8) is 0 Å². The van der Waals surface area contributed by atoms with Gasteiger partial charge in [0.05, 0.1) is 6.61 Å². The van der Waals surface area contributed by atoms with Crippen molar-refractivity contribution in [2.45, 2.75) is 19.9 Å². The highest BCUT2D eigenvalue weighted by Crippen LogP contribution is 2.36. The van der Waals surface area contributed by atoms with Gasteiger partial charge >= 0.3 is 0 Å². The van der Waals surface area contributed by atoms with Crippen LogP contribution in [0.1, 0.15) is 25.5 Å². The molecule has 23 heavy (non-hydrogen) atoms. The average molecular weight is 357 g/mol. The van der Waals surface area contributed by atoms with Crippen LogP contribution < -0.4 is 10.1 Å². The van der Waals surface area contributed by atoms with Gasteiger partial charge in [0.1, 0.15) is 5.75 Å². The van der Waals surface area contributed by atoms with Crippen molar-refractivity contribution in [1.82, 2.24) is 10.2 Å². The maximum atomic E-state index is 5.91. The molecule has 0 bridgehead atoms. The molecule has 0 aromatic heterocycles. The summed E-state index contributed by atoms with van der Waals surface area (Å²) in [5.41, 5.74) is 1.33. The number of hydrogen-bond donors (Lipinski definition) is 1. The predicted octanol–water partition coefficient (Wildman–Crippen LogP) is 4.05. The van der Waals surface area contributed by atoms with Crippen LogP contribution in [-0.2, 0) is 0 Å². The summed E-state index contributed by atoms with van der Waals surface area (Å²) in [7, 11) is 0. The van der Waals surface area contributed by atoms with Crippen LogP contribution >= 0.6 is 24.8 Å². The molecule has 1 aliphatic rings. The summed E-state index contributed by atoms with van der Waals surface area (Å²) in [6.45, 7) is 9.38. The van der Waals surface area contributed by atoms with Crippen molar-refractivity contribution in [1.29, 1.82) is 0 Å². The van der Waals surface area contributed by atoms with Crippen LogP contribution in [-0.4, -0.2) is 37.7 Å². The summed E-state index contributed by atoms with van der Waals surface area (Å²) in [5, 5.41) is 6.03. The van der Waals surface area contributed by atoms with Crippen LogP contribution in [0.5, 0.6) is 5.75 Å². The molecule has 3 rings (SSSR count). The Kier molecular flexibility index (Phi) is 8.13. The Labute approximate surface area is 151 Å². The van der Waals surface area contributed by atoms with Gasteiger partial charge in [0.25, 0.3) is 0 Å². The van der Waals surface area contributed by atoms with Crippen LogP contribution in [0.2, 0.25) is 0 Å². The van der Waals surface area contributed by atoms with E-state index in [9.17, 15) is 0 Å². The van der Waals surface area contributed by atoms with E-state index in [0.29, 0.717) is 12.6 Å². The monoisotopic (exact) mass is 356 g/mol. The summed E-state index contributed by atoms with van der Waals surface area (Å²) in [6, 6.07) is 13.3. The normalized spacial score (nSPS) is 16.3. The maximum absolute atomic E-state index is 5.91. The minimum absolute atomic E-state index is 0. The second kappa shape index (κ2) is 9.33. The Morgan fingerprint density at radius 1 is 1.09 bits per heavy atom. The molecule has 0 spiro atoms. The molecule has 128 valence electrons. The Hall–Kier alpha value is -1.00. The molecule has 3 nitrogen and oxygen atoms in total. The topological polar surface area (TPSA) is 24.5 Å². The maximum Gasteiger partial charge on any atom is 0.124 e. The summed E-state index contributed by atoms with van der Waals surface area (Å²) in [4.78, 5) is 2.54. The lowest BCUT2D eigenvalue weighted by atomic mass is 9.97. The van der Waals surface area contributed by atoms with Gasteiger partial charge in [0.2, 0.25) is 0 Å². The first-order valence-electron chi connectivity index (χ1n) is 7.90. The number of nitrogens with one attached hydrogen (secondary N) is 1. The number of hydrogen-bond acceptors (Lipinski definition) is 3. The highest BCUT2D eigenvalue weighted by Gasteiger charge is 2.22. The van der Waals surface area contributed by atoms with Crippen molar-refractivity contribution in [2.24, 2.45) is 0 Å². The number of benzene rings is 2. The predicted molar refractivity (Wildman–Crippen MR) is 102 cm³/mol. The zero-order valence-electron chi connectivity index (χ0n) is 13.7. The molecule has 0 radical (unpaired) electrons. The third-order valence-corrected chi connectivity index (χ3v) is 4.35. The van der Waals surface area contributed by atoms with E-state index in [-0.39, 0.29) is 24.8 Å². The number of ether oxygens (including phenoxy) is 1. The quantitative estimate of drug-likeness (QED) is 0.894. The smallest absolute Gasteiger partial charge is 0.124 e. The molecular formula is C18H26Cl2N2O. The SMILES string of the molecule is CCOc1ccc2ccccc2c1[C@@H](C)N1CCNCC1.Cl.Cl. The van der Waals surface area contributed by atoms with Crippen molar-refractivity contribution in [3.05, 3.63) is 42.0 Å². The van der Waals surface area contributed by atoms with Gasteiger partial charge in [-0.3, -0.25) is 4.90 Å². The van der Waals surface area contributed by atoms with E-state index in [0.717, 1.165) is 31.9 Å². The molecule has 0 saturated carbocycles. The molecule has 0 unspecified atom stereocenters. The van der Waals surface area contributed by atoms with Crippen LogP contribution in [0, 0.1) is 0 Å². The Balaban J connectivity index is 0.00000132. The molecule has 1 heterocycles. The second-order valence-electron chi connectivity index (χ2n) is 5.59. The Morgan fingerprint density at radius 3 is 2.48 bits per heavy atom. The number of piperazine rings is 1. The van der Waals surface area contributed by atoms with Gasteiger partial charge in [-0.25, -0.2) is 0 Å². The molecule has 1 fully saturated rings. The molecule has 2 aromatic rings. The second-order valence-corrected chi connectivity index (χ2v) is 5.59. The lowest BCUT2D eigenvalue weighted by Crippen LogP contribution is -2.44. The van der Waals surface area contributed by atoms with E-state index >= 15 is 0 Å². The first-order valence-corrected chi connectivity index (χ1v) is 7.90. The first-order chi connectivity index (χ1) is 10.3.